The SMILES string of the molecule is [2H]C([2H])([2H])c1c[c-]c(-c2cc(CC(C)C)[c]([Ge]([CH3])([CH3])[CH3])cn2)c(F)c1.[2H]C([2H])([2H])c1ccc2c(n1)oc1c(-c3cc(-c4ccccc4)c(C([2H])([2H])[2H])cn3)[c-]ccc12.[Ir]. The number of benzene rings is 3. The Kier molecular flexibility index (Phi) is 8.31. The molecule has 0 aliphatic carbocycles. The molecule has 0 saturated heterocycles. The fourth-order valence-electron chi connectivity index (χ4n) is 5.84. The molecule has 0 unspecified atom stereocenters. The van der Waals surface area contributed by atoms with Gasteiger partial charge < -0.3 is 9.40 Å². The van der Waals surface area contributed by atoms with Gasteiger partial charge in [0, 0.05) is 45.6 Å². The molecule has 7 heteroatoms. The number of rotatable bonds is 6. The summed E-state index contributed by atoms with van der Waals surface area (Å²) >= 11 is -2.08. The number of hydrogen-bond acceptors (Lipinski definition) is 4. The maximum Gasteiger partial charge on any atom is 0.216 e. The van der Waals surface area contributed by atoms with Crippen molar-refractivity contribution < 1.29 is 41.2 Å². The zero-order valence-corrected chi connectivity index (χ0v) is 32.9. The first-order valence-electron chi connectivity index (χ1n) is 20.5. The normalized spacial score (nSPS) is 14.8. The molecule has 0 aliphatic heterocycles. The van der Waals surface area contributed by atoms with Crippen molar-refractivity contribution in [2.45, 2.75) is 58.1 Å². The van der Waals surface area contributed by atoms with E-state index in [-0.39, 0.29) is 48.2 Å². The molecule has 4 aromatic heterocycles. The molecule has 0 amide bonds. The Morgan fingerprint density at radius 1 is 0.860 bits per heavy atom. The van der Waals surface area contributed by atoms with E-state index in [9.17, 15) is 4.39 Å². The number of hydrogen-bond donors (Lipinski definition) is 0. The Bertz CT molecular complexity index is 2600. The summed E-state index contributed by atoms with van der Waals surface area (Å²) in [6.45, 7) is -2.69. The first kappa shape index (κ1) is 26.8. The molecule has 1 radical (unpaired) electrons. The van der Waals surface area contributed by atoms with Crippen LogP contribution in [0.15, 0.2) is 95.7 Å². The Labute approximate surface area is 324 Å². The fraction of sp³-hybridized carbons (Fsp3) is 0.233. The minimum absolute atomic E-state index is 0. The second-order valence-electron chi connectivity index (χ2n) is 13.4. The fourth-order valence-corrected chi connectivity index (χ4v) is 9.18. The van der Waals surface area contributed by atoms with Crippen LogP contribution in [0.25, 0.3) is 55.7 Å². The van der Waals surface area contributed by atoms with Gasteiger partial charge in [-0.3, -0.25) is 0 Å². The monoisotopic (exact) mass is 911 g/mol. The van der Waals surface area contributed by atoms with Gasteiger partial charge in [0.15, 0.2) is 0 Å². The Balaban J connectivity index is 0.000000230. The minimum atomic E-state index is -2.35. The number of aryl methyl sites for hydroxylation is 3. The largest absolute Gasteiger partial charge is 0.486 e. The number of halogens is 1. The Hall–Kier alpha value is -3.97. The standard InChI is InChI=1S/C24H17N2O.C19H25FGeN.Ir/c1-15-14-25-22(13-21(15)17-7-4-3-5-8-17)20-10-6-9-18-19-12-11-16(2)26-24(19)27-23(18)20;1-13(2)9-15-11-19(22-12-18(15)21(4,5)6)16-8-7-14(3)10-17(16)20;/h3-9,11-14H,1-2H3;7,10-13H,9H2,1-6H3;/q2*-1;/i1D3,2D3;3D3;. The van der Waals surface area contributed by atoms with Crippen LogP contribution in [0, 0.1) is 44.4 Å². The van der Waals surface area contributed by atoms with Crippen molar-refractivity contribution in [3.05, 3.63) is 132 Å². The summed E-state index contributed by atoms with van der Waals surface area (Å²) in [4.78, 5) is 13.1. The third-order valence-corrected chi connectivity index (χ3v) is 12.5. The van der Waals surface area contributed by atoms with Crippen molar-refractivity contribution in [1.82, 2.24) is 15.0 Å². The zero-order chi connectivity index (χ0) is 42.4. The summed E-state index contributed by atoms with van der Waals surface area (Å²) in [5.74, 6) is 6.85. The number of pyridine rings is 3. The molecule has 7 rings (SSSR count). The van der Waals surface area contributed by atoms with Crippen LogP contribution >= 0.6 is 0 Å². The average molecular weight is 910 g/mol. The molecule has 4 nitrogen and oxygen atoms in total. The number of nitrogens with zero attached hydrogens (tertiary/aromatic N) is 3. The molecule has 0 N–H and O–H groups in total. The smallest absolute Gasteiger partial charge is 0.216 e. The van der Waals surface area contributed by atoms with Crippen molar-refractivity contribution in [3.63, 3.8) is 0 Å². The van der Waals surface area contributed by atoms with Gasteiger partial charge in [-0.15, -0.1) is 18.2 Å². The van der Waals surface area contributed by atoms with E-state index in [1.807, 2.05) is 48.7 Å². The van der Waals surface area contributed by atoms with Crippen LogP contribution in [0.5, 0.6) is 0 Å². The third-order valence-electron chi connectivity index (χ3n) is 8.12. The van der Waals surface area contributed by atoms with Crippen LogP contribution in [0.2, 0.25) is 17.3 Å². The maximum absolute atomic E-state index is 14.5. The maximum atomic E-state index is 14.5. The van der Waals surface area contributed by atoms with Gasteiger partial charge in [0.1, 0.15) is 0 Å². The van der Waals surface area contributed by atoms with E-state index in [0.717, 1.165) is 23.4 Å². The van der Waals surface area contributed by atoms with Gasteiger partial charge in [-0.2, -0.15) is 0 Å². The molecule has 0 spiro atoms. The summed E-state index contributed by atoms with van der Waals surface area (Å²) in [6.07, 6.45) is 4.17. The predicted molar refractivity (Wildman–Crippen MR) is 203 cm³/mol. The quantitative estimate of drug-likeness (QED) is 0.123. The van der Waals surface area contributed by atoms with Crippen LogP contribution in [0.1, 0.15) is 48.6 Å². The van der Waals surface area contributed by atoms with E-state index in [1.165, 1.54) is 28.3 Å². The third kappa shape index (κ3) is 8.15. The van der Waals surface area contributed by atoms with Crippen LogP contribution < -0.4 is 4.40 Å². The molecule has 0 saturated carbocycles. The molecule has 0 atom stereocenters. The van der Waals surface area contributed by atoms with Crippen LogP contribution in [0.3, 0.4) is 0 Å². The number of aromatic nitrogens is 3. The molecule has 0 fully saturated rings. The first-order valence-corrected chi connectivity index (χ1v) is 23.4. The zero-order valence-electron chi connectivity index (χ0n) is 37.4. The second-order valence-corrected chi connectivity index (χ2v) is 24.0. The van der Waals surface area contributed by atoms with E-state index in [0.29, 0.717) is 39.4 Å². The molecule has 3 aromatic carbocycles. The number of fused-ring (bicyclic) bond motifs is 3. The summed E-state index contributed by atoms with van der Waals surface area (Å²) in [5, 5.41) is 1.42. The van der Waals surface area contributed by atoms with Crippen molar-refractivity contribution in [2.24, 2.45) is 5.92 Å². The van der Waals surface area contributed by atoms with Crippen LogP contribution in [0.4, 0.5) is 4.39 Å². The molecule has 0 bridgehead atoms. The van der Waals surface area contributed by atoms with E-state index < -0.39 is 39.6 Å². The Morgan fingerprint density at radius 3 is 2.34 bits per heavy atom. The van der Waals surface area contributed by atoms with E-state index in [1.54, 1.807) is 18.2 Å². The van der Waals surface area contributed by atoms with Crippen molar-refractivity contribution in [1.29, 1.82) is 0 Å². The van der Waals surface area contributed by atoms with Gasteiger partial charge in [-0.05, 0) is 48.2 Å². The van der Waals surface area contributed by atoms with Crippen molar-refractivity contribution >= 4 is 39.7 Å². The summed E-state index contributed by atoms with van der Waals surface area (Å²) in [6, 6.07) is 27.9. The summed E-state index contributed by atoms with van der Waals surface area (Å²) in [5.41, 5.74) is 5.02. The molecule has 257 valence electrons. The van der Waals surface area contributed by atoms with Gasteiger partial charge in [0.2, 0.25) is 5.71 Å². The summed E-state index contributed by atoms with van der Waals surface area (Å²) < 4.78 is 90.5. The molecule has 4 heterocycles. The van der Waals surface area contributed by atoms with E-state index in [2.05, 4.69) is 58.2 Å². The van der Waals surface area contributed by atoms with Crippen LogP contribution in [-0.4, -0.2) is 28.2 Å². The van der Waals surface area contributed by atoms with Gasteiger partial charge in [0.25, 0.3) is 0 Å². The van der Waals surface area contributed by atoms with E-state index in [4.69, 9.17) is 16.8 Å². The Morgan fingerprint density at radius 2 is 1.64 bits per heavy atom. The van der Waals surface area contributed by atoms with Crippen molar-refractivity contribution in [3.8, 4) is 33.6 Å². The molecule has 50 heavy (non-hydrogen) atoms. The molecule has 7 aromatic rings. The van der Waals surface area contributed by atoms with Gasteiger partial charge in [-0.1, -0.05) is 47.3 Å². The van der Waals surface area contributed by atoms with Gasteiger partial charge in [-0.25, -0.2) is 4.98 Å². The first-order chi connectivity index (χ1) is 27.0. The van der Waals surface area contributed by atoms with Gasteiger partial charge in [0.05, 0.1) is 5.58 Å². The second kappa shape index (κ2) is 15.5. The van der Waals surface area contributed by atoms with Crippen LogP contribution in [-0.2, 0) is 26.5 Å². The topological polar surface area (TPSA) is 51.8 Å². The average Bonchev–Trinajstić information content (AvgIpc) is 3.52. The molecular formula is C43H42FGeIrN3O-2. The van der Waals surface area contributed by atoms with Crippen molar-refractivity contribution in [2.75, 3.05) is 0 Å². The predicted octanol–water partition coefficient (Wildman–Crippen LogP) is 10.9. The van der Waals surface area contributed by atoms with Gasteiger partial charge >= 0.3 is 140 Å². The molecular weight excluding hydrogens is 858 g/mol. The number of furan rings is 1. The minimum Gasteiger partial charge on any atom is -0.486 e. The van der Waals surface area contributed by atoms with E-state index >= 15 is 0 Å². The molecule has 0 aliphatic rings. The summed E-state index contributed by atoms with van der Waals surface area (Å²) in [7, 11) is 0.